The van der Waals surface area contributed by atoms with Crippen LogP contribution in [0, 0.1) is 5.41 Å². The van der Waals surface area contributed by atoms with Crippen LogP contribution < -0.4 is 5.32 Å². The van der Waals surface area contributed by atoms with Crippen LogP contribution >= 0.6 is 0 Å². The molecule has 1 N–H and O–H groups in total. The molecule has 2 aliphatic heterocycles. The Labute approximate surface area is 68.3 Å². The third-order valence-electron chi connectivity index (χ3n) is 3.02. The van der Waals surface area contributed by atoms with Crippen molar-refractivity contribution >= 4 is 0 Å². The van der Waals surface area contributed by atoms with Crippen molar-refractivity contribution < 1.29 is 0 Å². The van der Waals surface area contributed by atoms with Gasteiger partial charge in [0, 0.05) is 31.4 Å². The predicted octanol–water partition coefficient (Wildman–Crippen LogP) is 0.814. The Bertz CT molecular complexity index is 190. The SMILES string of the molecule is C=C1NCC12CN(C(C)C)C2. The van der Waals surface area contributed by atoms with Gasteiger partial charge in [0.1, 0.15) is 0 Å². The van der Waals surface area contributed by atoms with Crippen LogP contribution in [0.2, 0.25) is 0 Å². The van der Waals surface area contributed by atoms with E-state index in [9.17, 15) is 0 Å². The van der Waals surface area contributed by atoms with Crippen molar-refractivity contribution in [1.82, 2.24) is 10.2 Å². The maximum absolute atomic E-state index is 3.99. The zero-order chi connectivity index (χ0) is 8.06. The monoisotopic (exact) mass is 152 g/mol. The van der Waals surface area contributed by atoms with Crippen LogP contribution in [0.3, 0.4) is 0 Å². The summed E-state index contributed by atoms with van der Waals surface area (Å²) in [6.45, 7) is 12.1. The summed E-state index contributed by atoms with van der Waals surface area (Å²) in [6.07, 6.45) is 0. The molecule has 2 nitrogen and oxygen atoms in total. The maximum Gasteiger partial charge on any atom is 0.0520 e. The Morgan fingerprint density at radius 2 is 2.18 bits per heavy atom. The van der Waals surface area contributed by atoms with E-state index in [1.54, 1.807) is 0 Å². The van der Waals surface area contributed by atoms with Gasteiger partial charge in [-0.05, 0) is 13.8 Å². The lowest BCUT2D eigenvalue weighted by atomic mass is 9.71. The van der Waals surface area contributed by atoms with Gasteiger partial charge in [-0.3, -0.25) is 4.90 Å². The second kappa shape index (κ2) is 2.01. The van der Waals surface area contributed by atoms with E-state index >= 15 is 0 Å². The lowest BCUT2D eigenvalue weighted by Gasteiger charge is -2.59. The van der Waals surface area contributed by atoms with Gasteiger partial charge in [0.2, 0.25) is 0 Å². The van der Waals surface area contributed by atoms with Crippen molar-refractivity contribution in [2.75, 3.05) is 19.6 Å². The maximum atomic E-state index is 3.99. The van der Waals surface area contributed by atoms with Gasteiger partial charge in [0.15, 0.2) is 0 Å². The summed E-state index contributed by atoms with van der Waals surface area (Å²) in [5, 5.41) is 3.24. The molecule has 0 radical (unpaired) electrons. The van der Waals surface area contributed by atoms with Gasteiger partial charge in [-0.25, -0.2) is 0 Å². The lowest BCUT2D eigenvalue weighted by Crippen LogP contribution is -2.70. The Kier molecular flexibility index (Phi) is 1.31. The van der Waals surface area contributed by atoms with E-state index in [0.29, 0.717) is 11.5 Å². The molecule has 0 atom stereocenters. The predicted molar refractivity (Wildman–Crippen MR) is 46.3 cm³/mol. The van der Waals surface area contributed by atoms with E-state index in [1.807, 2.05) is 0 Å². The Balaban J connectivity index is 1.92. The molecule has 1 spiro atoms. The van der Waals surface area contributed by atoms with Gasteiger partial charge in [-0.15, -0.1) is 0 Å². The number of rotatable bonds is 1. The third-order valence-corrected chi connectivity index (χ3v) is 3.02. The highest BCUT2D eigenvalue weighted by molar-refractivity contribution is 5.25. The normalized spacial score (nSPS) is 28.1. The molecule has 2 rings (SSSR count). The van der Waals surface area contributed by atoms with Gasteiger partial charge in [-0.2, -0.15) is 0 Å². The molecule has 62 valence electrons. The van der Waals surface area contributed by atoms with Crippen LogP contribution in [0.25, 0.3) is 0 Å². The summed E-state index contributed by atoms with van der Waals surface area (Å²) in [4.78, 5) is 2.49. The average Bonchev–Trinajstić information content (AvgIpc) is 1.81. The van der Waals surface area contributed by atoms with Crippen LogP contribution in [0.1, 0.15) is 13.8 Å². The molecule has 2 saturated heterocycles. The second-order valence-electron chi connectivity index (χ2n) is 4.11. The smallest absolute Gasteiger partial charge is 0.0520 e. The van der Waals surface area contributed by atoms with Gasteiger partial charge >= 0.3 is 0 Å². The summed E-state index contributed by atoms with van der Waals surface area (Å²) in [5.74, 6) is 0. The number of hydrogen-bond donors (Lipinski definition) is 1. The van der Waals surface area contributed by atoms with Crippen molar-refractivity contribution in [3.05, 3.63) is 12.3 Å². The summed E-state index contributed by atoms with van der Waals surface area (Å²) in [7, 11) is 0. The zero-order valence-electron chi connectivity index (χ0n) is 7.35. The van der Waals surface area contributed by atoms with Gasteiger partial charge in [0.05, 0.1) is 5.41 Å². The number of hydrogen-bond acceptors (Lipinski definition) is 2. The number of likely N-dealkylation sites (tertiary alicyclic amines) is 1. The first-order valence-corrected chi connectivity index (χ1v) is 4.31. The molecular weight excluding hydrogens is 136 g/mol. The summed E-state index contributed by atoms with van der Waals surface area (Å²) in [6, 6.07) is 0.703. The minimum absolute atomic E-state index is 0.476. The van der Waals surface area contributed by atoms with E-state index in [1.165, 1.54) is 18.8 Å². The van der Waals surface area contributed by atoms with Gasteiger partial charge in [-0.1, -0.05) is 6.58 Å². The van der Waals surface area contributed by atoms with Gasteiger partial charge < -0.3 is 5.32 Å². The molecule has 0 saturated carbocycles. The fraction of sp³-hybridized carbons (Fsp3) is 0.778. The van der Waals surface area contributed by atoms with Crippen molar-refractivity contribution in [2.24, 2.45) is 5.41 Å². The van der Waals surface area contributed by atoms with Crippen molar-refractivity contribution in [2.45, 2.75) is 19.9 Å². The van der Waals surface area contributed by atoms with Crippen LogP contribution in [0.4, 0.5) is 0 Å². The first-order valence-electron chi connectivity index (χ1n) is 4.31. The van der Waals surface area contributed by atoms with E-state index in [-0.39, 0.29) is 0 Å². The van der Waals surface area contributed by atoms with E-state index < -0.39 is 0 Å². The lowest BCUT2D eigenvalue weighted by molar-refractivity contribution is -0.0257. The zero-order valence-corrected chi connectivity index (χ0v) is 7.35. The van der Waals surface area contributed by atoms with E-state index in [4.69, 9.17) is 0 Å². The molecule has 0 aliphatic carbocycles. The molecule has 0 aromatic carbocycles. The fourth-order valence-corrected chi connectivity index (χ4v) is 1.86. The quantitative estimate of drug-likeness (QED) is 0.598. The first-order chi connectivity index (χ1) is 5.14. The molecule has 0 aromatic heterocycles. The third kappa shape index (κ3) is 0.822. The van der Waals surface area contributed by atoms with Crippen LogP contribution in [0.15, 0.2) is 12.3 Å². The Morgan fingerprint density at radius 1 is 1.55 bits per heavy atom. The highest BCUT2D eigenvalue weighted by atomic mass is 15.3. The molecule has 2 fully saturated rings. The average molecular weight is 152 g/mol. The van der Waals surface area contributed by atoms with Gasteiger partial charge in [0.25, 0.3) is 0 Å². The highest BCUT2D eigenvalue weighted by Crippen LogP contribution is 2.41. The summed E-state index contributed by atoms with van der Waals surface area (Å²) < 4.78 is 0. The molecule has 2 heterocycles. The minimum Gasteiger partial charge on any atom is -0.387 e. The Morgan fingerprint density at radius 3 is 2.45 bits per heavy atom. The first kappa shape index (κ1) is 7.17. The molecule has 0 aromatic rings. The standard InChI is InChI=1S/C9H16N2/c1-7(2)11-5-9(6-11)4-10-8(9)3/h7,10H,3-6H2,1-2H3. The van der Waals surface area contributed by atoms with Crippen LogP contribution in [-0.2, 0) is 0 Å². The van der Waals surface area contributed by atoms with Crippen molar-refractivity contribution in [3.63, 3.8) is 0 Å². The second-order valence-corrected chi connectivity index (χ2v) is 4.11. The largest absolute Gasteiger partial charge is 0.387 e. The van der Waals surface area contributed by atoms with Crippen molar-refractivity contribution in [1.29, 1.82) is 0 Å². The van der Waals surface area contributed by atoms with E-state index in [0.717, 1.165) is 6.54 Å². The van der Waals surface area contributed by atoms with E-state index in [2.05, 4.69) is 30.6 Å². The van der Waals surface area contributed by atoms with Crippen molar-refractivity contribution in [3.8, 4) is 0 Å². The summed E-state index contributed by atoms with van der Waals surface area (Å²) in [5.41, 5.74) is 1.74. The van der Waals surface area contributed by atoms with Crippen LogP contribution in [0.5, 0.6) is 0 Å². The highest BCUT2D eigenvalue weighted by Gasteiger charge is 2.51. The fourth-order valence-electron chi connectivity index (χ4n) is 1.86. The molecule has 11 heavy (non-hydrogen) atoms. The topological polar surface area (TPSA) is 15.3 Å². The molecule has 0 amide bonds. The molecule has 2 heteroatoms. The molecule has 2 aliphatic rings. The summed E-state index contributed by atoms with van der Waals surface area (Å²) >= 11 is 0. The Hall–Kier alpha value is -0.500. The molecular formula is C9H16N2. The molecule has 0 unspecified atom stereocenters. The molecule has 0 bridgehead atoms. The minimum atomic E-state index is 0.476. The van der Waals surface area contributed by atoms with Crippen LogP contribution in [-0.4, -0.2) is 30.6 Å². The number of nitrogens with zero attached hydrogens (tertiary/aromatic N) is 1. The number of nitrogens with one attached hydrogen (secondary N) is 1.